The van der Waals surface area contributed by atoms with Crippen molar-refractivity contribution in [3.05, 3.63) is 29.8 Å². The van der Waals surface area contributed by atoms with Crippen molar-refractivity contribution < 1.29 is 14.6 Å². The number of halogens is 1. The van der Waals surface area contributed by atoms with Gasteiger partial charge in [-0.05, 0) is 56.8 Å². The number of nitrogens with two attached hydrogens (primary N) is 1. The van der Waals surface area contributed by atoms with Gasteiger partial charge in [-0.2, -0.15) is 0 Å². The van der Waals surface area contributed by atoms with E-state index in [0.29, 0.717) is 6.54 Å². The number of ether oxygens (including phenoxy) is 1. The Kier molecular flexibility index (Phi) is 8.53. The Labute approximate surface area is 150 Å². The average Bonchev–Trinajstić information content (AvgIpc) is 3.00. The lowest BCUT2D eigenvalue weighted by atomic mass is 9.95. The van der Waals surface area contributed by atoms with E-state index in [4.69, 9.17) is 10.5 Å². The molecule has 1 saturated carbocycles. The Morgan fingerprint density at radius 3 is 2.83 bits per heavy atom. The molecule has 5 nitrogen and oxygen atoms in total. The van der Waals surface area contributed by atoms with Crippen LogP contribution in [-0.4, -0.2) is 30.2 Å². The smallest absolute Gasteiger partial charge is 0.223 e. The third kappa shape index (κ3) is 5.65. The SMILES string of the molecule is CC(C)Oc1cccc(C(O)CNC(=O)[C@@H]2CCC[C@@H]2CN)c1.Cl. The highest BCUT2D eigenvalue weighted by Crippen LogP contribution is 2.31. The maximum absolute atomic E-state index is 12.3. The van der Waals surface area contributed by atoms with Gasteiger partial charge in [0.05, 0.1) is 12.2 Å². The van der Waals surface area contributed by atoms with Gasteiger partial charge in [0.1, 0.15) is 5.75 Å². The molecule has 1 aliphatic rings. The summed E-state index contributed by atoms with van der Waals surface area (Å²) in [6.07, 6.45) is 2.30. The van der Waals surface area contributed by atoms with E-state index >= 15 is 0 Å². The van der Waals surface area contributed by atoms with Crippen LogP contribution < -0.4 is 15.8 Å². The van der Waals surface area contributed by atoms with E-state index in [2.05, 4.69) is 5.32 Å². The average molecular weight is 357 g/mol. The number of aliphatic hydroxyl groups excluding tert-OH is 1. The fourth-order valence-corrected chi connectivity index (χ4v) is 3.18. The van der Waals surface area contributed by atoms with Gasteiger partial charge in [0, 0.05) is 12.5 Å². The van der Waals surface area contributed by atoms with Gasteiger partial charge in [-0.3, -0.25) is 4.79 Å². The summed E-state index contributed by atoms with van der Waals surface area (Å²) in [5.41, 5.74) is 6.46. The second kappa shape index (κ2) is 9.87. The molecule has 0 aliphatic heterocycles. The van der Waals surface area contributed by atoms with Gasteiger partial charge < -0.3 is 20.9 Å². The lowest BCUT2D eigenvalue weighted by molar-refractivity contribution is -0.126. The first-order valence-corrected chi connectivity index (χ1v) is 8.43. The van der Waals surface area contributed by atoms with E-state index in [9.17, 15) is 9.90 Å². The molecule has 1 aromatic rings. The molecular weight excluding hydrogens is 328 g/mol. The van der Waals surface area contributed by atoms with Crippen LogP contribution in [0.1, 0.15) is 44.8 Å². The molecule has 3 atom stereocenters. The summed E-state index contributed by atoms with van der Waals surface area (Å²) in [6.45, 7) is 4.67. The monoisotopic (exact) mass is 356 g/mol. The summed E-state index contributed by atoms with van der Waals surface area (Å²) in [6, 6.07) is 7.36. The van der Waals surface area contributed by atoms with E-state index < -0.39 is 6.10 Å². The molecule has 6 heteroatoms. The van der Waals surface area contributed by atoms with Crippen molar-refractivity contribution in [2.75, 3.05) is 13.1 Å². The highest BCUT2D eigenvalue weighted by Gasteiger charge is 2.31. The standard InChI is InChI=1S/C18H28N2O3.ClH/c1-12(2)23-15-7-3-5-13(9-15)17(21)11-20-18(22)16-8-4-6-14(16)10-19;/h3,5,7,9,12,14,16-17,21H,4,6,8,10-11,19H2,1-2H3,(H,20,22);1H/t14-,16-,17?;/m1./s1. The summed E-state index contributed by atoms with van der Waals surface area (Å²) in [5, 5.41) is 13.2. The van der Waals surface area contributed by atoms with Crippen molar-refractivity contribution >= 4 is 18.3 Å². The van der Waals surface area contributed by atoms with Gasteiger partial charge in [-0.1, -0.05) is 18.6 Å². The molecule has 1 amide bonds. The minimum atomic E-state index is -0.743. The Bertz CT molecular complexity index is 525. The number of carbonyl (C=O) groups is 1. The minimum Gasteiger partial charge on any atom is -0.491 e. The number of hydrogen-bond donors (Lipinski definition) is 3. The summed E-state index contributed by atoms with van der Waals surface area (Å²) < 4.78 is 5.63. The van der Waals surface area contributed by atoms with Crippen molar-refractivity contribution in [2.45, 2.75) is 45.3 Å². The van der Waals surface area contributed by atoms with Gasteiger partial charge >= 0.3 is 0 Å². The molecule has 1 aromatic carbocycles. The largest absolute Gasteiger partial charge is 0.491 e. The summed E-state index contributed by atoms with van der Waals surface area (Å²) in [5.74, 6) is 0.992. The predicted molar refractivity (Wildman–Crippen MR) is 97.3 cm³/mol. The fraction of sp³-hybridized carbons (Fsp3) is 0.611. The minimum absolute atomic E-state index is 0. The number of hydrogen-bond acceptors (Lipinski definition) is 4. The summed E-state index contributed by atoms with van der Waals surface area (Å²) in [4.78, 5) is 12.3. The number of aliphatic hydroxyl groups is 1. The third-order valence-electron chi connectivity index (χ3n) is 4.38. The van der Waals surface area contributed by atoms with E-state index in [1.807, 2.05) is 38.1 Å². The Morgan fingerprint density at radius 2 is 2.17 bits per heavy atom. The van der Waals surface area contributed by atoms with Gasteiger partial charge in [-0.15, -0.1) is 12.4 Å². The first-order valence-electron chi connectivity index (χ1n) is 8.43. The lowest BCUT2D eigenvalue weighted by Crippen LogP contribution is -2.37. The molecule has 0 aromatic heterocycles. The predicted octanol–water partition coefficient (Wildman–Crippen LogP) is 2.42. The molecule has 0 heterocycles. The maximum atomic E-state index is 12.3. The molecule has 0 saturated heterocycles. The molecule has 0 bridgehead atoms. The van der Waals surface area contributed by atoms with E-state index in [0.717, 1.165) is 30.6 Å². The molecular formula is C18H29ClN2O3. The molecule has 2 rings (SSSR count). The summed E-state index contributed by atoms with van der Waals surface area (Å²) in [7, 11) is 0. The van der Waals surface area contributed by atoms with Crippen molar-refractivity contribution in [1.82, 2.24) is 5.32 Å². The van der Waals surface area contributed by atoms with E-state index in [1.165, 1.54) is 0 Å². The highest BCUT2D eigenvalue weighted by molar-refractivity contribution is 5.85. The van der Waals surface area contributed by atoms with Crippen molar-refractivity contribution in [1.29, 1.82) is 0 Å². The number of amides is 1. The number of benzene rings is 1. The molecule has 0 radical (unpaired) electrons. The zero-order valence-electron chi connectivity index (χ0n) is 14.4. The second-order valence-electron chi connectivity index (χ2n) is 6.53. The zero-order valence-corrected chi connectivity index (χ0v) is 15.2. The topological polar surface area (TPSA) is 84.6 Å². The van der Waals surface area contributed by atoms with Crippen LogP contribution in [0.5, 0.6) is 5.75 Å². The van der Waals surface area contributed by atoms with E-state index in [-0.39, 0.29) is 42.8 Å². The van der Waals surface area contributed by atoms with Crippen molar-refractivity contribution in [2.24, 2.45) is 17.6 Å². The Balaban J connectivity index is 0.00000288. The van der Waals surface area contributed by atoms with Crippen LogP contribution in [0.15, 0.2) is 24.3 Å². The Morgan fingerprint density at radius 1 is 1.42 bits per heavy atom. The molecule has 136 valence electrons. The lowest BCUT2D eigenvalue weighted by Gasteiger charge is -2.19. The molecule has 0 spiro atoms. The molecule has 1 aliphatic carbocycles. The fourth-order valence-electron chi connectivity index (χ4n) is 3.18. The zero-order chi connectivity index (χ0) is 16.8. The normalized spacial score (nSPS) is 21.2. The highest BCUT2D eigenvalue weighted by atomic mass is 35.5. The van der Waals surface area contributed by atoms with Crippen LogP contribution >= 0.6 is 12.4 Å². The summed E-state index contributed by atoms with van der Waals surface area (Å²) >= 11 is 0. The van der Waals surface area contributed by atoms with Crippen LogP contribution in [0.4, 0.5) is 0 Å². The first kappa shape index (κ1) is 20.7. The van der Waals surface area contributed by atoms with Crippen LogP contribution in [0.25, 0.3) is 0 Å². The molecule has 24 heavy (non-hydrogen) atoms. The Hall–Kier alpha value is -1.30. The van der Waals surface area contributed by atoms with Crippen LogP contribution in [0, 0.1) is 11.8 Å². The molecule has 1 unspecified atom stereocenters. The number of rotatable bonds is 7. The van der Waals surface area contributed by atoms with Gasteiger partial charge in [0.15, 0.2) is 0 Å². The number of nitrogens with one attached hydrogen (secondary N) is 1. The molecule has 1 fully saturated rings. The van der Waals surface area contributed by atoms with E-state index in [1.54, 1.807) is 0 Å². The molecule has 4 N–H and O–H groups in total. The quantitative estimate of drug-likeness (QED) is 0.700. The maximum Gasteiger partial charge on any atom is 0.223 e. The van der Waals surface area contributed by atoms with Crippen molar-refractivity contribution in [3.63, 3.8) is 0 Å². The van der Waals surface area contributed by atoms with Crippen molar-refractivity contribution in [3.8, 4) is 5.75 Å². The first-order chi connectivity index (χ1) is 11.0. The number of carbonyl (C=O) groups excluding carboxylic acids is 1. The van der Waals surface area contributed by atoms with Gasteiger partial charge in [0.2, 0.25) is 5.91 Å². The van der Waals surface area contributed by atoms with Gasteiger partial charge in [-0.25, -0.2) is 0 Å². The van der Waals surface area contributed by atoms with Crippen LogP contribution in [0.2, 0.25) is 0 Å². The van der Waals surface area contributed by atoms with Gasteiger partial charge in [0.25, 0.3) is 0 Å². The van der Waals surface area contributed by atoms with Crippen LogP contribution in [0.3, 0.4) is 0 Å². The second-order valence-corrected chi connectivity index (χ2v) is 6.53. The van der Waals surface area contributed by atoms with Crippen LogP contribution in [-0.2, 0) is 4.79 Å². The third-order valence-corrected chi connectivity index (χ3v) is 4.38.